The van der Waals surface area contributed by atoms with Gasteiger partial charge in [0, 0.05) is 28.6 Å². The number of anilines is 1. The SMILES string of the molecule is NCC1CCCCC1NC(=O)c1cccc(NC(=O)CCCc2cccs2)c1. The van der Waals surface area contributed by atoms with Gasteiger partial charge in [-0.25, -0.2) is 0 Å². The molecule has 28 heavy (non-hydrogen) atoms. The van der Waals surface area contributed by atoms with Gasteiger partial charge in [0.15, 0.2) is 0 Å². The van der Waals surface area contributed by atoms with Crippen LogP contribution in [0.25, 0.3) is 0 Å². The summed E-state index contributed by atoms with van der Waals surface area (Å²) in [4.78, 5) is 26.1. The fourth-order valence-electron chi connectivity index (χ4n) is 3.77. The molecule has 2 atom stereocenters. The lowest BCUT2D eigenvalue weighted by molar-refractivity contribution is -0.116. The van der Waals surface area contributed by atoms with Gasteiger partial charge in [-0.05, 0) is 67.8 Å². The first-order chi connectivity index (χ1) is 13.7. The van der Waals surface area contributed by atoms with Crippen molar-refractivity contribution in [1.82, 2.24) is 5.32 Å². The van der Waals surface area contributed by atoms with Crippen LogP contribution in [0, 0.1) is 5.92 Å². The quantitative estimate of drug-likeness (QED) is 0.628. The van der Waals surface area contributed by atoms with E-state index in [-0.39, 0.29) is 17.9 Å². The normalized spacial score (nSPS) is 19.2. The van der Waals surface area contributed by atoms with Gasteiger partial charge in [0.2, 0.25) is 5.91 Å². The Morgan fingerprint density at radius 1 is 1.14 bits per heavy atom. The van der Waals surface area contributed by atoms with E-state index in [0.29, 0.717) is 30.1 Å². The standard InChI is InChI=1S/C22H29N3O2S/c23-15-17-6-1-2-11-20(17)25-22(27)16-7-3-8-18(14-16)24-21(26)12-4-9-19-10-5-13-28-19/h3,5,7-8,10,13-14,17,20H,1-2,4,6,9,11-12,15,23H2,(H,24,26)(H,25,27). The summed E-state index contributed by atoms with van der Waals surface area (Å²) in [5.74, 6) is 0.229. The summed E-state index contributed by atoms with van der Waals surface area (Å²) in [6.45, 7) is 0.604. The van der Waals surface area contributed by atoms with E-state index in [9.17, 15) is 9.59 Å². The molecule has 2 amide bonds. The molecule has 5 nitrogen and oxygen atoms in total. The predicted molar refractivity (Wildman–Crippen MR) is 115 cm³/mol. The monoisotopic (exact) mass is 399 g/mol. The Hall–Kier alpha value is -2.18. The van der Waals surface area contributed by atoms with Gasteiger partial charge in [0.05, 0.1) is 0 Å². The second kappa shape index (κ2) is 10.4. The molecule has 1 saturated carbocycles. The van der Waals surface area contributed by atoms with Gasteiger partial charge in [-0.15, -0.1) is 11.3 Å². The van der Waals surface area contributed by atoms with Gasteiger partial charge in [-0.3, -0.25) is 9.59 Å². The predicted octanol–water partition coefficient (Wildman–Crippen LogP) is 3.96. The van der Waals surface area contributed by atoms with Crippen LogP contribution in [0.4, 0.5) is 5.69 Å². The van der Waals surface area contributed by atoms with E-state index >= 15 is 0 Å². The highest BCUT2D eigenvalue weighted by atomic mass is 32.1. The van der Waals surface area contributed by atoms with E-state index in [1.807, 2.05) is 12.1 Å². The molecule has 6 heteroatoms. The van der Waals surface area contributed by atoms with E-state index in [2.05, 4.69) is 22.1 Å². The maximum absolute atomic E-state index is 12.7. The largest absolute Gasteiger partial charge is 0.349 e. The van der Waals surface area contributed by atoms with Crippen LogP contribution >= 0.6 is 11.3 Å². The molecule has 2 aromatic rings. The van der Waals surface area contributed by atoms with E-state index in [0.717, 1.165) is 32.1 Å². The molecule has 3 rings (SSSR count). The van der Waals surface area contributed by atoms with E-state index in [1.165, 1.54) is 11.3 Å². The number of benzene rings is 1. The molecule has 1 heterocycles. The van der Waals surface area contributed by atoms with Gasteiger partial charge < -0.3 is 16.4 Å². The Kier molecular flexibility index (Phi) is 7.62. The number of carbonyl (C=O) groups excluding carboxylic acids is 2. The molecule has 0 saturated heterocycles. The Bertz CT molecular complexity index is 776. The fraction of sp³-hybridized carbons (Fsp3) is 0.455. The summed E-state index contributed by atoms with van der Waals surface area (Å²) < 4.78 is 0. The molecule has 0 aliphatic heterocycles. The van der Waals surface area contributed by atoms with Gasteiger partial charge in [0.1, 0.15) is 0 Å². The summed E-state index contributed by atoms with van der Waals surface area (Å²) in [6, 6.07) is 11.4. The first kappa shape index (κ1) is 20.6. The summed E-state index contributed by atoms with van der Waals surface area (Å²) >= 11 is 1.72. The Morgan fingerprint density at radius 3 is 2.79 bits per heavy atom. The van der Waals surface area contributed by atoms with Crippen LogP contribution in [0.2, 0.25) is 0 Å². The Balaban J connectivity index is 1.51. The number of nitrogens with one attached hydrogen (secondary N) is 2. The number of hydrogen-bond donors (Lipinski definition) is 3. The molecule has 1 aliphatic carbocycles. The van der Waals surface area contributed by atoms with Crippen LogP contribution in [0.5, 0.6) is 0 Å². The second-order valence-corrected chi connectivity index (χ2v) is 8.45. The minimum atomic E-state index is -0.0980. The molecule has 1 aliphatic rings. The van der Waals surface area contributed by atoms with Crippen LogP contribution in [0.15, 0.2) is 41.8 Å². The van der Waals surface area contributed by atoms with E-state index < -0.39 is 0 Å². The molecule has 2 unspecified atom stereocenters. The smallest absolute Gasteiger partial charge is 0.251 e. The summed E-state index contributed by atoms with van der Waals surface area (Å²) in [7, 11) is 0. The highest BCUT2D eigenvalue weighted by Crippen LogP contribution is 2.24. The van der Waals surface area contributed by atoms with Crippen molar-refractivity contribution in [3.05, 3.63) is 52.2 Å². The number of nitrogens with two attached hydrogens (primary N) is 1. The van der Waals surface area contributed by atoms with Crippen LogP contribution in [0.3, 0.4) is 0 Å². The number of amides is 2. The molecule has 0 radical (unpaired) electrons. The van der Waals surface area contributed by atoms with E-state index in [1.54, 1.807) is 29.5 Å². The average Bonchev–Trinajstić information content (AvgIpc) is 3.22. The van der Waals surface area contributed by atoms with Crippen LogP contribution in [-0.4, -0.2) is 24.4 Å². The molecule has 1 aromatic heterocycles. The minimum Gasteiger partial charge on any atom is -0.349 e. The number of aryl methyl sites for hydroxylation is 1. The fourth-order valence-corrected chi connectivity index (χ4v) is 4.52. The van der Waals surface area contributed by atoms with Gasteiger partial charge in [-0.1, -0.05) is 25.0 Å². The van der Waals surface area contributed by atoms with Crippen molar-refractivity contribution < 1.29 is 9.59 Å². The highest BCUT2D eigenvalue weighted by molar-refractivity contribution is 7.09. The first-order valence-electron chi connectivity index (χ1n) is 10.1. The zero-order valence-electron chi connectivity index (χ0n) is 16.2. The maximum atomic E-state index is 12.7. The zero-order valence-corrected chi connectivity index (χ0v) is 17.0. The number of rotatable bonds is 8. The van der Waals surface area contributed by atoms with Crippen molar-refractivity contribution in [2.75, 3.05) is 11.9 Å². The molecule has 1 aromatic carbocycles. The summed E-state index contributed by atoms with van der Waals surface area (Å²) in [6.07, 6.45) is 6.56. The molecular formula is C22H29N3O2S. The lowest BCUT2D eigenvalue weighted by Crippen LogP contribution is -2.44. The highest BCUT2D eigenvalue weighted by Gasteiger charge is 2.25. The molecule has 0 bridgehead atoms. The van der Waals surface area contributed by atoms with E-state index in [4.69, 9.17) is 5.73 Å². The number of hydrogen-bond acceptors (Lipinski definition) is 4. The van der Waals surface area contributed by atoms with Crippen molar-refractivity contribution in [2.45, 2.75) is 51.0 Å². The third-order valence-corrected chi connectivity index (χ3v) is 6.28. The van der Waals surface area contributed by atoms with Crippen LogP contribution in [-0.2, 0) is 11.2 Å². The van der Waals surface area contributed by atoms with Gasteiger partial charge >= 0.3 is 0 Å². The van der Waals surface area contributed by atoms with Crippen molar-refractivity contribution >= 4 is 28.8 Å². The van der Waals surface area contributed by atoms with Crippen molar-refractivity contribution in [3.63, 3.8) is 0 Å². The average molecular weight is 400 g/mol. The van der Waals surface area contributed by atoms with Gasteiger partial charge in [0.25, 0.3) is 5.91 Å². The zero-order chi connectivity index (χ0) is 19.8. The second-order valence-electron chi connectivity index (χ2n) is 7.42. The minimum absolute atomic E-state index is 0.0235. The summed E-state index contributed by atoms with van der Waals surface area (Å²) in [5.41, 5.74) is 7.09. The van der Waals surface area contributed by atoms with Gasteiger partial charge in [-0.2, -0.15) is 0 Å². The maximum Gasteiger partial charge on any atom is 0.251 e. The van der Waals surface area contributed by atoms with Crippen molar-refractivity contribution in [3.8, 4) is 0 Å². The Labute approximate surface area is 170 Å². The lowest BCUT2D eigenvalue weighted by atomic mass is 9.84. The van der Waals surface area contributed by atoms with Crippen molar-refractivity contribution in [2.24, 2.45) is 11.7 Å². The summed E-state index contributed by atoms with van der Waals surface area (Å²) in [5, 5.41) is 8.09. The molecule has 4 N–H and O–H groups in total. The number of carbonyl (C=O) groups is 2. The third kappa shape index (κ3) is 5.91. The van der Waals surface area contributed by atoms with Crippen LogP contribution < -0.4 is 16.4 Å². The lowest BCUT2D eigenvalue weighted by Gasteiger charge is -2.31. The Morgan fingerprint density at radius 2 is 2.00 bits per heavy atom. The van der Waals surface area contributed by atoms with Crippen LogP contribution in [0.1, 0.15) is 53.8 Å². The molecular weight excluding hydrogens is 370 g/mol. The third-order valence-electron chi connectivity index (χ3n) is 5.34. The molecule has 0 spiro atoms. The first-order valence-corrected chi connectivity index (χ1v) is 11.0. The molecule has 1 fully saturated rings. The topological polar surface area (TPSA) is 84.2 Å². The molecule has 150 valence electrons. The van der Waals surface area contributed by atoms with Crippen molar-refractivity contribution in [1.29, 1.82) is 0 Å². The number of thiophene rings is 1.